The van der Waals surface area contributed by atoms with Gasteiger partial charge in [0, 0.05) is 17.5 Å². The molecule has 0 spiro atoms. The first-order valence-corrected chi connectivity index (χ1v) is 8.62. The highest BCUT2D eigenvalue weighted by molar-refractivity contribution is 9.10. The summed E-state index contributed by atoms with van der Waals surface area (Å²) in [4.78, 5) is 0. The first-order chi connectivity index (χ1) is 11.2. The minimum atomic E-state index is -0.198. The molecule has 0 aliphatic heterocycles. The molecule has 2 nitrogen and oxygen atoms in total. The predicted molar refractivity (Wildman–Crippen MR) is 103 cm³/mol. The molecule has 1 N–H and O–H groups in total. The van der Waals surface area contributed by atoms with Gasteiger partial charge in [-0.15, -0.1) is 0 Å². The molecule has 0 heterocycles. The zero-order valence-corrected chi connectivity index (χ0v) is 15.2. The third-order valence-corrected chi connectivity index (χ3v) is 4.47. The summed E-state index contributed by atoms with van der Waals surface area (Å²) >= 11 is 3.53. The van der Waals surface area contributed by atoms with Gasteiger partial charge in [-0.25, -0.2) is 4.39 Å². The average molecular weight is 396 g/mol. The average Bonchev–Trinajstić information content (AvgIpc) is 2.54. The zero-order valence-electron chi connectivity index (χ0n) is 13.6. The van der Waals surface area contributed by atoms with Gasteiger partial charge in [0.25, 0.3) is 0 Å². The summed E-state index contributed by atoms with van der Waals surface area (Å²) in [5.41, 5.74) is 3.56. The van der Waals surface area contributed by atoms with Gasteiger partial charge in [-0.3, -0.25) is 0 Å². The summed E-state index contributed by atoms with van der Waals surface area (Å²) in [5, 5.41) is 3.19. The quantitative estimate of drug-likeness (QED) is 0.595. The van der Waals surface area contributed by atoms with Gasteiger partial charge in [-0.2, -0.15) is 0 Å². The molecule has 2 aromatic rings. The lowest BCUT2D eigenvalue weighted by Gasteiger charge is -2.21. The van der Waals surface area contributed by atoms with Crippen LogP contribution in [0.25, 0.3) is 0 Å². The van der Waals surface area contributed by atoms with E-state index in [1.165, 1.54) is 23.3 Å². The van der Waals surface area contributed by atoms with Gasteiger partial charge in [-0.05, 0) is 67.4 Å². The van der Waals surface area contributed by atoms with Crippen molar-refractivity contribution in [3.05, 3.63) is 69.4 Å². The molecule has 0 bridgehead atoms. The van der Waals surface area contributed by atoms with Crippen molar-refractivity contribution < 1.29 is 9.13 Å². The Morgan fingerprint density at radius 1 is 1.17 bits per heavy atom. The summed E-state index contributed by atoms with van der Waals surface area (Å²) < 4.78 is 19.7. The van der Waals surface area contributed by atoms with Gasteiger partial charge >= 0.3 is 0 Å². The third-order valence-electron chi connectivity index (χ3n) is 3.97. The highest BCUT2D eigenvalue weighted by atomic mass is 79.9. The summed E-state index contributed by atoms with van der Waals surface area (Å²) in [5.74, 6) is 0.0397. The Labute approximate surface area is 153 Å². The van der Waals surface area contributed by atoms with Crippen molar-refractivity contribution in [1.82, 2.24) is 5.32 Å². The smallest absolute Gasteiger partial charge is 0.123 e. The fourth-order valence-corrected chi connectivity index (χ4v) is 3.28. The number of benzene rings is 2. The van der Waals surface area contributed by atoms with Crippen molar-refractivity contribution in [2.24, 2.45) is 0 Å². The van der Waals surface area contributed by atoms with E-state index in [4.69, 9.17) is 4.74 Å². The summed E-state index contributed by atoms with van der Waals surface area (Å²) in [7, 11) is 3.67. The monoisotopic (exact) mass is 395 g/mol. The number of nitrogens with one attached hydrogen (secondary N) is 1. The van der Waals surface area contributed by atoms with Gasteiger partial charge in [0.1, 0.15) is 5.82 Å². The molecule has 4 heteroatoms. The first-order valence-electron chi connectivity index (χ1n) is 7.83. The van der Waals surface area contributed by atoms with E-state index in [-0.39, 0.29) is 19.2 Å². The Morgan fingerprint density at radius 2 is 1.88 bits per heavy atom. The molecule has 132 valence electrons. The maximum absolute atomic E-state index is 13.3. The maximum atomic E-state index is 13.3. The molecular weight excluding hydrogens is 369 g/mol. The highest BCUT2D eigenvalue weighted by Gasteiger charge is 2.18. The molecule has 0 aliphatic rings. The number of methoxy groups -OCH3 is 1. The van der Waals surface area contributed by atoms with Crippen LogP contribution in [0.15, 0.2) is 46.9 Å². The molecule has 1 atom stereocenters. The Balaban J connectivity index is 0.00000288. The highest BCUT2D eigenvalue weighted by Crippen LogP contribution is 2.33. The molecule has 24 heavy (non-hydrogen) atoms. The number of halogens is 2. The van der Waals surface area contributed by atoms with E-state index in [9.17, 15) is 4.39 Å². The van der Waals surface area contributed by atoms with Crippen LogP contribution in [0.3, 0.4) is 0 Å². The van der Waals surface area contributed by atoms with E-state index in [0.717, 1.165) is 29.4 Å². The molecular formula is C20H27BrFNO. The van der Waals surface area contributed by atoms with Crippen LogP contribution in [0.2, 0.25) is 0 Å². The molecule has 0 radical (unpaired) electrons. The van der Waals surface area contributed by atoms with E-state index >= 15 is 0 Å². The van der Waals surface area contributed by atoms with Crippen LogP contribution < -0.4 is 5.32 Å². The number of rotatable bonds is 8. The molecule has 0 unspecified atom stereocenters. The third kappa shape index (κ3) is 5.69. The normalized spacial score (nSPS) is 11.8. The lowest BCUT2D eigenvalue weighted by Crippen LogP contribution is -2.11. The number of hydrogen-bond acceptors (Lipinski definition) is 2. The van der Waals surface area contributed by atoms with Crippen molar-refractivity contribution in [3.63, 3.8) is 0 Å². The van der Waals surface area contributed by atoms with Crippen molar-refractivity contribution in [2.75, 3.05) is 20.7 Å². The SMILES string of the molecule is C.CNCCC[C@H](c1ccc(F)cc1)c1ccc(Br)cc1COC. The van der Waals surface area contributed by atoms with Gasteiger partial charge in [0.15, 0.2) is 0 Å². The van der Waals surface area contributed by atoms with Gasteiger partial charge in [0.2, 0.25) is 0 Å². The van der Waals surface area contributed by atoms with Crippen LogP contribution in [0, 0.1) is 5.82 Å². The Morgan fingerprint density at radius 3 is 2.50 bits per heavy atom. The molecule has 2 rings (SSSR count). The molecule has 0 aliphatic carbocycles. The molecule has 0 saturated carbocycles. The minimum absolute atomic E-state index is 0. The van der Waals surface area contributed by atoms with Gasteiger partial charge in [-0.1, -0.05) is 41.6 Å². The van der Waals surface area contributed by atoms with Crippen LogP contribution in [0.4, 0.5) is 4.39 Å². The summed E-state index contributed by atoms with van der Waals surface area (Å²) in [6.45, 7) is 1.53. The molecule has 0 amide bonds. The largest absolute Gasteiger partial charge is 0.380 e. The number of ether oxygens (including phenoxy) is 1. The first kappa shape index (κ1) is 20.8. The standard InChI is InChI=1S/C19H23BrFNO.CH4/c1-22-11-3-4-18(14-5-8-17(21)9-6-14)19-10-7-16(20)12-15(19)13-23-2;/h5-10,12,18,22H,3-4,11,13H2,1-2H3;1H4/t18-;/m1./s1. The van der Waals surface area contributed by atoms with Crippen molar-refractivity contribution in [3.8, 4) is 0 Å². The van der Waals surface area contributed by atoms with Gasteiger partial charge in [0.05, 0.1) is 6.61 Å². The molecule has 0 saturated heterocycles. The van der Waals surface area contributed by atoms with Gasteiger partial charge < -0.3 is 10.1 Å². The second-order valence-corrected chi connectivity index (χ2v) is 6.54. The Hall–Kier alpha value is -1.23. The van der Waals surface area contributed by atoms with E-state index in [1.54, 1.807) is 7.11 Å². The molecule has 0 aromatic heterocycles. The second kappa shape index (κ2) is 10.6. The topological polar surface area (TPSA) is 21.3 Å². The van der Waals surface area contributed by atoms with E-state index < -0.39 is 0 Å². The van der Waals surface area contributed by atoms with E-state index in [0.29, 0.717) is 6.61 Å². The molecule has 0 fully saturated rings. The van der Waals surface area contributed by atoms with Crippen molar-refractivity contribution >= 4 is 15.9 Å². The Bertz CT molecular complexity index is 616. The lowest BCUT2D eigenvalue weighted by atomic mass is 9.85. The number of hydrogen-bond donors (Lipinski definition) is 1. The predicted octanol–water partition coefficient (Wildman–Crippen LogP) is 5.50. The fourth-order valence-electron chi connectivity index (χ4n) is 2.87. The van der Waals surface area contributed by atoms with E-state index in [2.05, 4.69) is 39.4 Å². The minimum Gasteiger partial charge on any atom is -0.380 e. The van der Waals surface area contributed by atoms with Crippen LogP contribution in [0.1, 0.15) is 42.9 Å². The Kier molecular flexibility index (Phi) is 9.19. The van der Waals surface area contributed by atoms with Crippen LogP contribution >= 0.6 is 15.9 Å². The summed E-state index contributed by atoms with van der Waals surface area (Å²) in [6, 6.07) is 13.2. The van der Waals surface area contributed by atoms with Crippen molar-refractivity contribution in [2.45, 2.75) is 32.8 Å². The van der Waals surface area contributed by atoms with Crippen molar-refractivity contribution in [1.29, 1.82) is 0 Å². The van der Waals surface area contributed by atoms with Crippen LogP contribution in [-0.2, 0) is 11.3 Å². The van der Waals surface area contributed by atoms with Crippen LogP contribution in [0.5, 0.6) is 0 Å². The zero-order chi connectivity index (χ0) is 16.7. The second-order valence-electron chi connectivity index (χ2n) is 5.63. The van der Waals surface area contributed by atoms with E-state index in [1.807, 2.05) is 19.2 Å². The fraction of sp³-hybridized carbons (Fsp3) is 0.400. The van der Waals surface area contributed by atoms with Crippen LogP contribution in [-0.4, -0.2) is 20.7 Å². The lowest BCUT2D eigenvalue weighted by molar-refractivity contribution is 0.184. The summed E-state index contributed by atoms with van der Waals surface area (Å²) in [6.07, 6.45) is 2.06. The molecule has 2 aromatic carbocycles. The maximum Gasteiger partial charge on any atom is 0.123 e.